The minimum atomic E-state index is 0.525. The van der Waals surface area contributed by atoms with Crippen LogP contribution in [0.15, 0.2) is 0 Å². The molecule has 0 aromatic rings. The third kappa shape index (κ3) is 4.38. The Kier molecular flexibility index (Phi) is 6.33. The Morgan fingerprint density at radius 3 is 2.44 bits per heavy atom. The van der Waals surface area contributed by atoms with Crippen molar-refractivity contribution in [2.45, 2.75) is 31.5 Å². The molecule has 2 heteroatoms. The number of hydrogen-bond donors (Lipinski definition) is 0. The van der Waals surface area contributed by atoms with Crippen LogP contribution in [0.2, 0.25) is 0 Å². The lowest BCUT2D eigenvalue weighted by Crippen LogP contribution is -2.08. The van der Waals surface area contributed by atoms with Gasteiger partial charge in [0.2, 0.25) is 0 Å². The summed E-state index contributed by atoms with van der Waals surface area (Å²) in [5, 5.41) is 2.02. The van der Waals surface area contributed by atoms with E-state index in [0.29, 0.717) is 4.83 Å². The molecule has 1 radical (unpaired) electrons. The van der Waals surface area contributed by atoms with E-state index in [0.717, 1.165) is 5.92 Å². The van der Waals surface area contributed by atoms with Gasteiger partial charge in [-0.05, 0) is 12.3 Å². The maximum Gasteiger partial charge on any atom is 0.0409 e. The zero-order valence-electron chi connectivity index (χ0n) is 5.90. The second-order valence-corrected chi connectivity index (χ2v) is 3.92. The first kappa shape index (κ1) is 9.96. The zero-order chi connectivity index (χ0) is 7.28. The van der Waals surface area contributed by atoms with Crippen LogP contribution in [-0.4, -0.2) is 4.83 Å². The fourth-order valence-electron chi connectivity index (χ4n) is 0.739. The Balaban J connectivity index is 3.32. The lowest BCUT2D eigenvalue weighted by atomic mass is 10.0. The Labute approximate surface area is 74.7 Å². The van der Waals surface area contributed by atoms with E-state index < -0.39 is 0 Å². The average molecular weight is 257 g/mol. The fraction of sp³-hybridized carbons (Fsp3) is 0.857. The molecular weight excluding hydrogens is 244 g/mol. The third-order valence-electron chi connectivity index (χ3n) is 1.41. The van der Waals surface area contributed by atoms with Crippen molar-refractivity contribution in [3.8, 4) is 0 Å². The Morgan fingerprint density at radius 2 is 2.11 bits per heavy atom. The molecule has 0 nitrogen and oxygen atoms in total. The second-order valence-electron chi connectivity index (χ2n) is 2.34. The minimum absolute atomic E-state index is 0.525. The van der Waals surface area contributed by atoms with Gasteiger partial charge in [0.05, 0.1) is 0 Å². The highest BCUT2D eigenvalue weighted by atomic mass is 79.9. The molecule has 0 aromatic carbocycles. The van der Waals surface area contributed by atoms with E-state index in [4.69, 9.17) is 0 Å². The van der Waals surface area contributed by atoms with Crippen molar-refractivity contribution in [3.63, 3.8) is 0 Å². The smallest absolute Gasteiger partial charge is 0.0409 e. The van der Waals surface area contributed by atoms with E-state index in [9.17, 15) is 0 Å². The molecule has 55 valence electrons. The SMILES string of the molecule is CCCC(C)C(Br)[CH]Br. The zero-order valence-corrected chi connectivity index (χ0v) is 9.07. The van der Waals surface area contributed by atoms with Crippen LogP contribution in [0.25, 0.3) is 0 Å². The monoisotopic (exact) mass is 255 g/mol. The fourth-order valence-corrected chi connectivity index (χ4v) is 1.52. The first-order valence-corrected chi connectivity index (χ1v) is 5.13. The summed E-state index contributed by atoms with van der Waals surface area (Å²) in [5.41, 5.74) is 0. The Bertz CT molecular complexity index is 63.9. The van der Waals surface area contributed by atoms with Crippen LogP contribution in [0.1, 0.15) is 26.7 Å². The lowest BCUT2D eigenvalue weighted by Gasteiger charge is -2.13. The predicted molar refractivity (Wildman–Crippen MR) is 50.0 cm³/mol. The highest BCUT2D eigenvalue weighted by Crippen LogP contribution is 2.22. The van der Waals surface area contributed by atoms with Crippen LogP contribution in [0.5, 0.6) is 0 Å². The maximum atomic E-state index is 3.54. The summed E-state index contributed by atoms with van der Waals surface area (Å²) in [7, 11) is 0. The van der Waals surface area contributed by atoms with Gasteiger partial charge >= 0.3 is 0 Å². The van der Waals surface area contributed by atoms with Crippen molar-refractivity contribution >= 4 is 31.9 Å². The average Bonchev–Trinajstić information content (AvgIpc) is 1.87. The predicted octanol–water partition coefficient (Wildman–Crippen LogP) is 3.74. The van der Waals surface area contributed by atoms with Gasteiger partial charge in [0.15, 0.2) is 0 Å². The molecule has 0 heterocycles. The number of alkyl halides is 1. The summed E-state index contributed by atoms with van der Waals surface area (Å²) in [6.45, 7) is 4.46. The highest BCUT2D eigenvalue weighted by Gasteiger charge is 2.10. The molecule has 0 N–H and O–H groups in total. The molecule has 2 atom stereocenters. The van der Waals surface area contributed by atoms with Crippen molar-refractivity contribution in [2.75, 3.05) is 0 Å². The van der Waals surface area contributed by atoms with Crippen molar-refractivity contribution < 1.29 is 0 Å². The quantitative estimate of drug-likeness (QED) is 0.673. The van der Waals surface area contributed by atoms with E-state index in [2.05, 4.69) is 45.7 Å². The molecule has 9 heavy (non-hydrogen) atoms. The Morgan fingerprint density at radius 1 is 1.56 bits per heavy atom. The lowest BCUT2D eigenvalue weighted by molar-refractivity contribution is 0.543. The van der Waals surface area contributed by atoms with Gasteiger partial charge in [-0.3, -0.25) is 0 Å². The topological polar surface area (TPSA) is 0 Å². The molecule has 0 rings (SSSR count). The van der Waals surface area contributed by atoms with Crippen LogP contribution in [0.4, 0.5) is 0 Å². The van der Waals surface area contributed by atoms with Crippen molar-refractivity contribution in [3.05, 3.63) is 5.33 Å². The summed E-state index contributed by atoms with van der Waals surface area (Å²) in [6.07, 6.45) is 2.56. The molecule has 0 bridgehead atoms. The molecule has 0 aliphatic rings. The molecular formula is C7H13Br2. The first-order chi connectivity index (χ1) is 4.22. The van der Waals surface area contributed by atoms with Crippen LogP contribution in [0.3, 0.4) is 0 Å². The van der Waals surface area contributed by atoms with Crippen LogP contribution < -0.4 is 0 Å². The van der Waals surface area contributed by atoms with Crippen molar-refractivity contribution in [2.24, 2.45) is 5.92 Å². The Hall–Kier alpha value is 0.960. The van der Waals surface area contributed by atoms with E-state index in [1.807, 2.05) is 5.33 Å². The third-order valence-corrected chi connectivity index (χ3v) is 3.85. The first-order valence-electron chi connectivity index (χ1n) is 3.30. The minimum Gasteiger partial charge on any atom is -0.0875 e. The molecule has 0 saturated heterocycles. The number of halogens is 2. The molecule has 2 unspecified atom stereocenters. The van der Waals surface area contributed by atoms with Gasteiger partial charge in [-0.25, -0.2) is 0 Å². The maximum absolute atomic E-state index is 3.54. The number of hydrogen-bond acceptors (Lipinski definition) is 0. The van der Waals surface area contributed by atoms with Crippen LogP contribution in [-0.2, 0) is 0 Å². The van der Waals surface area contributed by atoms with E-state index >= 15 is 0 Å². The summed E-state index contributed by atoms with van der Waals surface area (Å²) < 4.78 is 0. The molecule has 0 saturated carbocycles. The standard InChI is InChI=1S/C7H13Br2/c1-3-4-6(2)7(9)5-8/h5-7H,3-4H2,1-2H3. The molecule has 0 aliphatic carbocycles. The summed E-state index contributed by atoms with van der Waals surface area (Å²) in [6, 6.07) is 0. The number of rotatable bonds is 4. The van der Waals surface area contributed by atoms with Crippen LogP contribution >= 0.6 is 31.9 Å². The van der Waals surface area contributed by atoms with Gasteiger partial charge in [0.25, 0.3) is 0 Å². The summed E-state index contributed by atoms with van der Waals surface area (Å²) in [5.74, 6) is 0.745. The summed E-state index contributed by atoms with van der Waals surface area (Å²) >= 11 is 6.85. The normalized spacial score (nSPS) is 17.3. The summed E-state index contributed by atoms with van der Waals surface area (Å²) in [4.78, 5) is 0.525. The van der Waals surface area contributed by atoms with Gasteiger partial charge in [-0.2, -0.15) is 0 Å². The van der Waals surface area contributed by atoms with E-state index in [1.54, 1.807) is 0 Å². The molecule has 0 amide bonds. The van der Waals surface area contributed by atoms with E-state index in [1.165, 1.54) is 12.8 Å². The second kappa shape index (κ2) is 5.72. The van der Waals surface area contributed by atoms with Crippen molar-refractivity contribution in [1.82, 2.24) is 0 Å². The van der Waals surface area contributed by atoms with Gasteiger partial charge in [0.1, 0.15) is 0 Å². The van der Waals surface area contributed by atoms with Crippen molar-refractivity contribution in [1.29, 1.82) is 0 Å². The van der Waals surface area contributed by atoms with Crippen LogP contribution in [0, 0.1) is 11.2 Å². The molecule has 0 fully saturated rings. The van der Waals surface area contributed by atoms with Gasteiger partial charge in [-0.15, -0.1) is 0 Å². The molecule has 0 aromatic heterocycles. The van der Waals surface area contributed by atoms with Gasteiger partial charge in [0, 0.05) is 10.2 Å². The highest BCUT2D eigenvalue weighted by molar-refractivity contribution is 9.13. The van der Waals surface area contributed by atoms with Gasteiger partial charge in [-0.1, -0.05) is 52.1 Å². The van der Waals surface area contributed by atoms with Gasteiger partial charge < -0.3 is 0 Å². The largest absolute Gasteiger partial charge is 0.0875 e. The molecule has 0 aliphatic heterocycles. The molecule has 0 spiro atoms. The van der Waals surface area contributed by atoms with E-state index in [-0.39, 0.29) is 0 Å².